The first kappa shape index (κ1) is 20.5. The van der Waals surface area contributed by atoms with Crippen LogP contribution in [0, 0.1) is 5.92 Å². The van der Waals surface area contributed by atoms with E-state index in [1.165, 1.54) is 23.8 Å². The van der Waals surface area contributed by atoms with Crippen LogP contribution in [0.25, 0.3) is 0 Å². The number of ketones is 1. The Kier molecular flexibility index (Phi) is 6.03. The molecular weight excluding hydrogens is 406 g/mol. The molecule has 1 aliphatic heterocycles. The van der Waals surface area contributed by atoms with Crippen LogP contribution in [0.2, 0.25) is 0 Å². The summed E-state index contributed by atoms with van der Waals surface area (Å²) in [5.74, 6) is 0.221. The van der Waals surface area contributed by atoms with Gasteiger partial charge in [0, 0.05) is 23.5 Å². The van der Waals surface area contributed by atoms with Crippen LogP contribution in [0.3, 0.4) is 0 Å². The molecule has 1 unspecified atom stereocenters. The Morgan fingerprint density at radius 2 is 2.10 bits per heavy atom. The molecule has 2 aliphatic rings. The second-order valence-corrected chi connectivity index (χ2v) is 11.0. The lowest BCUT2D eigenvalue weighted by atomic mass is 10.0. The van der Waals surface area contributed by atoms with Crippen LogP contribution < -0.4 is 5.32 Å². The third-order valence-corrected chi connectivity index (χ3v) is 8.64. The Balaban J connectivity index is 1.45. The van der Waals surface area contributed by atoms with E-state index in [1.807, 2.05) is 0 Å². The molecule has 0 spiro atoms. The van der Waals surface area contributed by atoms with Crippen molar-refractivity contribution in [3.8, 4) is 0 Å². The highest BCUT2D eigenvalue weighted by Gasteiger charge is 2.29. The number of carbonyl (C=O) groups excluding carboxylic acids is 1. The Morgan fingerprint density at radius 3 is 2.90 bits per heavy atom. The lowest BCUT2D eigenvalue weighted by Gasteiger charge is -2.30. The topological polar surface area (TPSA) is 79.4 Å². The summed E-state index contributed by atoms with van der Waals surface area (Å²) < 4.78 is 27.5. The quantitative estimate of drug-likeness (QED) is 0.702. The molecule has 1 aromatic heterocycles. The predicted molar refractivity (Wildman–Crippen MR) is 115 cm³/mol. The summed E-state index contributed by atoms with van der Waals surface area (Å²) in [5, 5.41) is 3.90. The fourth-order valence-corrected chi connectivity index (χ4v) is 6.72. The van der Waals surface area contributed by atoms with Gasteiger partial charge in [-0.3, -0.25) is 4.79 Å². The van der Waals surface area contributed by atoms with Crippen molar-refractivity contribution in [2.75, 3.05) is 25.0 Å². The first-order chi connectivity index (χ1) is 13.9. The van der Waals surface area contributed by atoms with E-state index in [0.29, 0.717) is 24.6 Å². The Labute approximate surface area is 176 Å². The van der Waals surface area contributed by atoms with Gasteiger partial charge in [-0.1, -0.05) is 19.1 Å². The highest BCUT2D eigenvalue weighted by atomic mass is 32.2. The number of aryl methyl sites for hydroxylation is 2. The van der Waals surface area contributed by atoms with Crippen molar-refractivity contribution in [3.63, 3.8) is 0 Å². The molecule has 0 radical (unpaired) electrons. The van der Waals surface area contributed by atoms with Crippen LogP contribution in [0.15, 0.2) is 29.2 Å². The van der Waals surface area contributed by atoms with Crippen LogP contribution in [0.1, 0.15) is 53.5 Å². The molecule has 0 amide bonds. The summed E-state index contributed by atoms with van der Waals surface area (Å²) >= 11 is 1.62. The number of anilines is 1. The number of carbonyl (C=O) groups is 1. The summed E-state index contributed by atoms with van der Waals surface area (Å²) in [7, 11) is -3.57. The van der Waals surface area contributed by atoms with E-state index < -0.39 is 10.0 Å². The van der Waals surface area contributed by atoms with Crippen LogP contribution >= 0.6 is 11.3 Å². The van der Waals surface area contributed by atoms with Gasteiger partial charge in [0.25, 0.3) is 0 Å². The molecule has 29 heavy (non-hydrogen) atoms. The number of nitrogens with zero attached hydrogens (tertiary/aromatic N) is 2. The normalized spacial score (nSPS) is 20.2. The molecule has 0 saturated carbocycles. The van der Waals surface area contributed by atoms with Gasteiger partial charge in [-0.2, -0.15) is 4.31 Å². The zero-order valence-corrected chi connectivity index (χ0v) is 18.3. The third-order valence-electron chi connectivity index (χ3n) is 5.66. The van der Waals surface area contributed by atoms with Gasteiger partial charge in [-0.05, 0) is 56.6 Å². The summed E-state index contributed by atoms with van der Waals surface area (Å²) in [6.07, 6.45) is 6.38. The van der Waals surface area contributed by atoms with Gasteiger partial charge in [-0.15, -0.1) is 11.3 Å². The van der Waals surface area contributed by atoms with Gasteiger partial charge in [0.2, 0.25) is 10.0 Å². The van der Waals surface area contributed by atoms with Crippen LogP contribution in [0.5, 0.6) is 0 Å². The molecule has 0 bridgehead atoms. The van der Waals surface area contributed by atoms with Crippen molar-refractivity contribution in [1.29, 1.82) is 0 Å². The van der Waals surface area contributed by atoms with E-state index in [0.717, 1.165) is 36.5 Å². The number of sulfonamides is 1. The van der Waals surface area contributed by atoms with Gasteiger partial charge in [0.15, 0.2) is 10.9 Å². The first-order valence-electron chi connectivity index (χ1n) is 10.3. The SMILES string of the molecule is CC1CCCN(S(=O)(=O)c2cccc(C(=O)CNc3nc4c(s3)CCCC4)c2)C1. The standard InChI is InChI=1S/C21H27N3O3S2/c1-15-6-5-11-24(14-15)29(26,27)17-8-4-7-16(12-17)19(25)13-22-21-23-18-9-2-3-10-20(18)28-21/h4,7-8,12,15H,2-3,5-6,9-11,13-14H2,1H3,(H,22,23). The number of hydrogen-bond donors (Lipinski definition) is 1. The summed E-state index contributed by atoms with van der Waals surface area (Å²) in [6, 6.07) is 6.41. The molecule has 2 aromatic rings. The van der Waals surface area contributed by atoms with Crippen LogP contribution in [0.4, 0.5) is 5.13 Å². The number of fused-ring (bicyclic) bond motifs is 1. The molecule has 1 atom stereocenters. The summed E-state index contributed by atoms with van der Waals surface area (Å²) in [5.41, 5.74) is 1.56. The molecule has 2 heterocycles. The van der Waals surface area contributed by atoms with Gasteiger partial charge in [0.05, 0.1) is 17.1 Å². The van der Waals surface area contributed by atoms with Crippen molar-refractivity contribution in [3.05, 3.63) is 40.4 Å². The zero-order valence-electron chi connectivity index (χ0n) is 16.7. The Bertz CT molecular complexity index is 977. The first-order valence-corrected chi connectivity index (χ1v) is 12.5. The zero-order chi connectivity index (χ0) is 20.4. The smallest absolute Gasteiger partial charge is 0.243 e. The van der Waals surface area contributed by atoms with Crippen molar-refractivity contribution in [2.45, 2.75) is 50.3 Å². The second kappa shape index (κ2) is 8.53. The molecule has 1 saturated heterocycles. The number of nitrogens with one attached hydrogen (secondary N) is 1. The molecule has 156 valence electrons. The minimum atomic E-state index is -3.57. The Hall–Kier alpha value is -1.77. The van der Waals surface area contributed by atoms with Gasteiger partial charge < -0.3 is 5.32 Å². The second-order valence-electron chi connectivity index (χ2n) is 8.01. The van der Waals surface area contributed by atoms with Crippen LogP contribution in [-0.2, 0) is 22.9 Å². The molecule has 1 fully saturated rings. The maximum atomic E-state index is 13.0. The van der Waals surface area contributed by atoms with Gasteiger partial charge in [-0.25, -0.2) is 13.4 Å². The highest BCUT2D eigenvalue weighted by Crippen LogP contribution is 2.29. The molecular formula is C21H27N3O3S2. The molecule has 1 aromatic carbocycles. The number of piperidine rings is 1. The molecule has 1 N–H and O–H groups in total. The number of rotatable bonds is 6. The van der Waals surface area contributed by atoms with Crippen molar-refractivity contribution < 1.29 is 13.2 Å². The Morgan fingerprint density at radius 1 is 1.28 bits per heavy atom. The highest BCUT2D eigenvalue weighted by molar-refractivity contribution is 7.89. The predicted octanol–water partition coefficient (Wildman–Crippen LogP) is 3.74. The number of Topliss-reactive ketones (excluding diaryl/α,β-unsaturated/α-hetero) is 1. The molecule has 1 aliphatic carbocycles. The van der Waals surface area contributed by atoms with Crippen LogP contribution in [-0.4, -0.2) is 43.1 Å². The molecule has 8 heteroatoms. The maximum Gasteiger partial charge on any atom is 0.243 e. The average molecular weight is 434 g/mol. The van der Waals surface area contributed by atoms with Crippen molar-refractivity contribution in [2.24, 2.45) is 5.92 Å². The lowest BCUT2D eigenvalue weighted by molar-refractivity contribution is 0.101. The van der Waals surface area contributed by atoms with Crippen molar-refractivity contribution >= 4 is 32.3 Å². The van der Waals surface area contributed by atoms with Gasteiger partial charge in [0.1, 0.15) is 0 Å². The van der Waals surface area contributed by atoms with Crippen molar-refractivity contribution in [1.82, 2.24) is 9.29 Å². The third kappa shape index (κ3) is 4.54. The number of hydrogen-bond acceptors (Lipinski definition) is 6. The maximum absolute atomic E-state index is 13.0. The van der Waals surface area contributed by atoms with Gasteiger partial charge >= 0.3 is 0 Å². The monoisotopic (exact) mass is 433 g/mol. The fourth-order valence-electron chi connectivity index (χ4n) is 4.03. The van der Waals surface area contributed by atoms with E-state index in [2.05, 4.69) is 17.2 Å². The average Bonchev–Trinajstić information content (AvgIpc) is 3.15. The van der Waals surface area contributed by atoms with E-state index in [4.69, 9.17) is 0 Å². The number of aromatic nitrogens is 1. The summed E-state index contributed by atoms with van der Waals surface area (Å²) in [6.45, 7) is 3.26. The minimum Gasteiger partial charge on any atom is -0.354 e. The van der Waals surface area contributed by atoms with E-state index in [1.54, 1.807) is 33.8 Å². The van der Waals surface area contributed by atoms with E-state index in [9.17, 15) is 13.2 Å². The fraction of sp³-hybridized carbons (Fsp3) is 0.524. The minimum absolute atomic E-state index is 0.108. The summed E-state index contributed by atoms with van der Waals surface area (Å²) in [4.78, 5) is 18.8. The molecule has 6 nitrogen and oxygen atoms in total. The van der Waals surface area contributed by atoms with E-state index in [-0.39, 0.29) is 17.2 Å². The molecule has 4 rings (SSSR count). The number of thiazole rings is 1. The lowest BCUT2D eigenvalue weighted by Crippen LogP contribution is -2.39. The number of benzene rings is 1. The van der Waals surface area contributed by atoms with E-state index >= 15 is 0 Å². The largest absolute Gasteiger partial charge is 0.354 e.